The van der Waals surface area contributed by atoms with Crippen molar-refractivity contribution in [2.75, 3.05) is 6.61 Å². The Bertz CT molecular complexity index is 1210. The summed E-state index contributed by atoms with van der Waals surface area (Å²) >= 11 is 3.62. The van der Waals surface area contributed by atoms with Crippen LogP contribution in [0.15, 0.2) is 22.7 Å². The molecule has 1 aliphatic rings. The highest BCUT2D eigenvalue weighted by atomic mass is 79.9. The van der Waals surface area contributed by atoms with Gasteiger partial charge in [0.05, 0.1) is 21.7 Å². The maximum absolute atomic E-state index is 13.5. The Morgan fingerprint density at radius 2 is 1.11 bits per heavy atom. The van der Waals surface area contributed by atoms with Crippen LogP contribution >= 0.6 is 15.9 Å². The van der Waals surface area contributed by atoms with Crippen LogP contribution in [0, 0.1) is 21.7 Å². The fraction of sp³-hybridized carbons (Fsp3) is 0.706. The predicted octanol–water partition coefficient (Wildman–Crippen LogP) is 6.91. The van der Waals surface area contributed by atoms with E-state index < -0.39 is 76.1 Å². The molecule has 10 heteroatoms. The second kappa shape index (κ2) is 13.9. The van der Waals surface area contributed by atoms with E-state index in [1.807, 2.05) is 25.1 Å². The van der Waals surface area contributed by atoms with Crippen LogP contribution < -0.4 is 0 Å². The van der Waals surface area contributed by atoms with Crippen molar-refractivity contribution in [2.24, 2.45) is 21.7 Å². The minimum absolute atomic E-state index is 0.298. The second-order valence-corrected chi connectivity index (χ2v) is 16.3. The van der Waals surface area contributed by atoms with Crippen LogP contribution in [0.2, 0.25) is 0 Å². The van der Waals surface area contributed by atoms with Gasteiger partial charge in [0.2, 0.25) is 0 Å². The van der Waals surface area contributed by atoms with E-state index in [4.69, 9.17) is 23.7 Å². The monoisotopic (exact) mass is 682 g/mol. The van der Waals surface area contributed by atoms with Crippen molar-refractivity contribution in [2.45, 2.75) is 127 Å². The lowest BCUT2D eigenvalue weighted by Gasteiger charge is -2.46. The SMILES string of the molecule is CCc1c(Br)cccc1[C@H]1O[C@H](COC(=O)C(C)(C)C)[C@@H](OC(=O)C(C)(C)C)[C@@H](OC(=O)C(C)(C)C)[C@@H]1OC(=O)C(C)(C)C. The van der Waals surface area contributed by atoms with Gasteiger partial charge in [-0.1, -0.05) is 35.0 Å². The van der Waals surface area contributed by atoms with E-state index in [1.165, 1.54) is 0 Å². The molecule has 1 saturated heterocycles. The number of ether oxygens (including phenoxy) is 5. The van der Waals surface area contributed by atoms with Gasteiger partial charge >= 0.3 is 23.9 Å². The van der Waals surface area contributed by atoms with Crippen molar-refractivity contribution >= 4 is 39.8 Å². The molecule has 0 aliphatic carbocycles. The van der Waals surface area contributed by atoms with Crippen LogP contribution in [0.4, 0.5) is 0 Å². The van der Waals surface area contributed by atoms with Crippen LogP contribution in [-0.2, 0) is 49.3 Å². The highest BCUT2D eigenvalue weighted by molar-refractivity contribution is 9.10. The summed E-state index contributed by atoms with van der Waals surface area (Å²) in [5.41, 5.74) is -2.01. The number of carbonyl (C=O) groups excluding carboxylic acids is 4. The molecule has 248 valence electrons. The average molecular weight is 684 g/mol. The summed E-state index contributed by atoms with van der Waals surface area (Å²) in [6.07, 6.45) is -5.19. The highest BCUT2D eigenvalue weighted by Crippen LogP contribution is 2.42. The summed E-state index contributed by atoms with van der Waals surface area (Å²) in [7, 11) is 0. The van der Waals surface area contributed by atoms with E-state index >= 15 is 0 Å². The fourth-order valence-corrected chi connectivity index (χ4v) is 4.86. The van der Waals surface area contributed by atoms with Gasteiger partial charge in [-0.25, -0.2) is 0 Å². The Hall–Kier alpha value is -2.46. The minimum atomic E-state index is -1.29. The van der Waals surface area contributed by atoms with Gasteiger partial charge in [0.1, 0.15) is 18.8 Å². The zero-order chi connectivity index (χ0) is 34.0. The lowest BCUT2D eigenvalue weighted by Crippen LogP contribution is -2.61. The first kappa shape index (κ1) is 37.7. The summed E-state index contributed by atoms with van der Waals surface area (Å²) in [6, 6.07) is 5.59. The van der Waals surface area contributed by atoms with Crippen molar-refractivity contribution < 1.29 is 42.9 Å². The molecule has 44 heavy (non-hydrogen) atoms. The van der Waals surface area contributed by atoms with Crippen LogP contribution in [0.3, 0.4) is 0 Å². The quantitative estimate of drug-likeness (QED) is 0.223. The number of hydrogen-bond donors (Lipinski definition) is 0. The number of esters is 4. The molecule has 1 heterocycles. The molecule has 1 fully saturated rings. The number of halogens is 1. The third kappa shape index (κ3) is 9.52. The van der Waals surface area contributed by atoms with Gasteiger partial charge in [-0.15, -0.1) is 0 Å². The molecule has 9 nitrogen and oxygen atoms in total. The standard InChI is InChI=1S/C34H51BrO9/c1-14-19-20(16-15-17-21(19)35)23-25(43-29(38)33(8,9)10)26(44-30(39)34(11,12)13)24(42-28(37)32(5,6)7)22(41-23)18-40-27(36)31(2,3)4/h15-17,22-26H,14,18H2,1-13H3/t22-,23-,24-,25-,26-/m1/s1. The normalized spacial score (nSPS) is 23.0. The predicted molar refractivity (Wildman–Crippen MR) is 170 cm³/mol. The molecule has 0 bridgehead atoms. The van der Waals surface area contributed by atoms with E-state index in [2.05, 4.69) is 15.9 Å². The second-order valence-electron chi connectivity index (χ2n) is 15.5. The maximum Gasteiger partial charge on any atom is 0.311 e. The first-order chi connectivity index (χ1) is 19.9. The Balaban J connectivity index is 2.85. The van der Waals surface area contributed by atoms with Gasteiger partial charge in [-0.2, -0.15) is 0 Å². The summed E-state index contributed by atoms with van der Waals surface area (Å²) in [6.45, 7) is 22.2. The largest absolute Gasteiger partial charge is 0.462 e. The Morgan fingerprint density at radius 3 is 1.55 bits per heavy atom. The number of benzene rings is 1. The molecule has 2 rings (SSSR count). The smallest absolute Gasteiger partial charge is 0.311 e. The molecular formula is C34H51BrO9. The van der Waals surface area contributed by atoms with E-state index in [0.29, 0.717) is 12.0 Å². The van der Waals surface area contributed by atoms with E-state index in [1.54, 1.807) is 83.1 Å². The maximum atomic E-state index is 13.5. The molecule has 5 atom stereocenters. The Kier molecular flexibility index (Phi) is 11.9. The third-order valence-electron chi connectivity index (χ3n) is 7.01. The molecule has 0 radical (unpaired) electrons. The summed E-state index contributed by atoms with van der Waals surface area (Å²) in [5, 5.41) is 0. The lowest BCUT2D eigenvalue weighted by atomic mass is 9.86. The molecular weight excluding hydrogens is 632 g/mol. The Labute approximate surface area is 271 Å². The average Bonchev–Trinajstić information content (AvgIpc) is 2.86. The van der Waals surface area contributed by atoms with Crippen molar-refractivity contribution in [3.8, 4) is 0 Å². The van der Waals surface area contributed by atoms with Gasteiger partial charge in [-0.3, -0.25) is 19.2 Å². The van der Waals surface area contributed by atoms with Crippen molar-refractivity contribution in [3.05, 3.63) is 33.8 Å². The summed E-state index contributed by atoms with van der Waals surface area (Å²) < 4.78 is 31.5. The molecule has 0 aromatic heterocycles. The minimum Gasteiger partial charge on any atom is -0.462 e. The van der Waals surface area contributed by atoms with Gasteiger partial charge < -0.3 is 23.7 Å². The molecule has 0 N–H and O–H groups in total. The Morgan fingerprint density at radius 1 is 0.682 bits per heavy atom. The van der Waals surface area contributed by atoms with E-state index in [9.17, 15) is 19.2 Å². The zero-order valence-electron chi connectivity index (χ0n) is 28.6. The number of rotatable bonds is 7. The molecule has 1 aromatic rings. The fourth-order valence-electron chi connectivity index (χ4n) is 4.19. The van der Waals surface area contributed by atoms with Crippen molar-refractivity contribution in [1.29, 1.82) is 0 Å². The molecule has 0 saturated carbocycles. The van der Waals surface area contributed by atoms with Gasteiger partial charge in [0, 0.05) is 4.47 Å². The van der Waals surface area contributed by atoms with E-state index in [0.717, 1.165) is 10.0 Å². The molecule has 1 aliphatic heterocycles. The first-order valence-corrected chi connectivity index (χ1v) is 15.9. The lowest BCUT2D eigenvalue weighted by molar-refractivity contribution is -0.262. The molecule has 0 spiro atoms. The van der Waals surface area contributed by atoms with Gasteiger partial charge in [-0.05, 0) is 107 Å². The van der Waals surface area contributed by atoms with Crippen molar-refractivity contribution in [3.63, 3.8) is 0 Å². The topological polar surface area (TPSA) is 114 Å². The van der Waals surface area contributed by atoms with Gasteiger partial charge in [0.25, 0.3) is 0 Å². The first-order valence-electron chi connectivity index (χ1n) is 15.1. The summed E-state index contributed by atoms with van der Waals surface area (Å²) in [5.74, 6) is -2.22. The van der Waals surface area contributed by atoms with Crippen LogP contribution in [0.5, 0.6) is 0 Å². The number of hydrogen-bond acceptors (Lipinski definition) is 9. The molecule has 0 amide bonds. The van der Waals surface area contributed by atoms with E-state index in [-0.39, 0.29) is 6.61 Å². The third-order valence-corrected chi connectivity index (χ3v) is 7.75. The van der Waals surface area contributed by atoms with Crippen LogP contribution in [0.25, 0.3) is 0 Å². The number of carbonyl (C=O) groups is 4. The van der Waals surface area contributed by atoms with Crippen LogP contribution in [-0.4, -0.2) is 54.9 Å². The summed E-state index contributed by atoms with van der Waals surface area (Å²) in [4.78, 5) is 53.1. The van der Waals surface area contributed by atoms with Crippen LogP contribution in [0.1, 0.15) is 107 Å². The highest BCUT2D eigenvalue weighted by Gasteiger charge is 2.55. The molecule has 0 unspecified atom stereocenters. The zero-order valence-corrected chi connectivity index (χ0v) is 30.2. The van der Waals surface area contributed by atoms with Gasteiger partial charge in [0.15, 0.2) is 18.3 Å². The molecule has 1 aromatic carbocycles. The van der Waals surface area contributed by atoms with Crippen molar-refractivity contribution in [1.82, 2.24) is 0 Å².